The van der Waals surface area contributed by atoms with Crippen molar-refractivity contribution in [3.8, 4) is 0 Å². The van der Waals surface area contributed by atoms with Crippen molar-refractivity contribution < 1.29 is 14.3 Å². The number of hydrogen-bond acceptors (Lipinski definition) is 5. The molecular formula is C27H27N3O3. The van der Waals surface area contributed by atoms with Crippen molar-refractivity contribution >= 4 is 16.9 Å². The summed E-state index contributed by atoms with van der Waals surface area (Å²) in [6.45, 7) is 2.97. The molecule has 1 fully saturated rings. The molecule has 4 aromatic rings. The van der Waals surface area contributed by atoms with Gasteiger partial charge in [-0.2, -0.15) is 0 Å². The largest absolute Gasteiger partial charge is 0.451 e. The van der Waals surface area contributed by atoms with Crippen LogP contribution in [0.25, 0.3) is 11.0 Å². The zero-order valence-electron chi connectivity index (χ0n) is 18.4. The van der Waals surface area contributed by atoms with Crippen molar-refractivity contribution in [2.45, 2.75) is 31.5 Å². The average molecular weight is 442 g/mol. The second-order valence-electron chi connectivity index (χ2n) is 8.69. The summed E-state index contributed by atoms with van der Waals surface area (Å²) in [5.74, 6) is -0.00151. The first-order valence-corrected chi connectivity index (χ1v) is 11.3. The molecule has 2 aromatic carbocycles. The van der Waals surface area contributed by atoms with Crippen molar-refractivity contribution in [2.24, 2.45) is 0 Å². The summed E-state index contributed by atoms with van der Waals surface area (Å²) in [4.78, 5) is 18.9. The van der Waals surface area contributed by atoms with Crippen LogP contribution in [-0.2, 0) is 18.7 Å². The first-order valence-electron chi connectivity index (χ1n) is 11.3. The van der Waals surface area contributed by atoms with Crippen molar-refractivity contribution in [3.05, 3.63) is 102 Å². The molecule has 0 aliphatic carbocycles. The Morgan fingerprint density at radius 3 is 2.52 bits per heavy atom. The van der Waals surface area contributed by atoms with Gasteiger partial charge < -0.3 is 14.8 Å². The maximum absolute atomic E-state index is 12.5. The minimum atomic E-state index is -0.873. The van der Waals surface area contributed by atoms with Crippen molar-refractivity contribution in [3.63, 3.8) is 0 Å². The third-order valence-corrected chi connectivity index (χ3v) is 6.41. The molecule has 2 N–H and O–H groups in total. The van der Waals surface area contributed by atoms with Gasteiger partial charge in [0.1, 0.15) is 5.58 Å². The Bertz CT molecular complexity index is 1230. The molecule has 33 heavy (non-hydrogen) atoms. The first-order chi connectivity index (χ1) is 16.1. The quantitative estimate of drug-likeness (QED) is 0.468. The standard InChI is InChI=1S/C27H27N3O3/c31-26(29-18-20-8-12-28-13-9-20)25-17-22-16-23(6-7-24(22)33-25)27(32)10-14-30(15-11-27)19-21-4-2-1-3-5-21/h1-9,12-13,16-17,32H,10-11,14-15,18-19H2,(H,29,31). The predicted molar refractivity (Wildman–Crippen MR) is 126 cm³/mol. The normalized spacial score (nSPS) is 16.0. The summed E-state index contributed by atoms with van der Waals surface area (Å²) in [6, 6.07) is 21.6. The molecule has 1 amide bonds. The highest BCUT2D eigenvalue weighted by molar-refractivity contribution is 5.96. The van der Waals surface area contributed by atoms with E-state index in [1.807, 2.05) is 36.4 Å². The zero-order valence-corrected chi connectivity index (χ0v) is 18.4. The Labute approximate surface area is 192 Å². The number of piperidine rings is 1. The summed E-state index contributed by atoms with van der Waals surface area (Å²) in [7, 11) is 0. The van der Waals surface area contributed by atoms with E-state index in [1.165, 1.54) is 5.56 Å². The van der Waals surface area contributed by atoms with E-state index in [4.69, 9.17) is 4.42 Å². The van der Waals surface area contributed by atoms with Crippen LogP contribution >= 0.6 is 0 Å². The van der Waals surface area contributed by atoms with Gasteiger partial charge in [-0.25, -0.2) is 0 Å². The highest BCUT2D eigenvalue weighted by atomic mass is 16.3. The number of aromatic nitrogens is 1. The number of carbonyl (C=O) groups excluding carboxylic acids is 1. The molecular weight excluding hydrogens is 414 g/mol. The number of nitrogens with zero attached hydrogens (tertiary/aromatic N) is 2. The Balaban J connectivity index is 1.25. The minimum Gasteiger partial charge on any atom is -0.451 e. The molecule has 0 spiro atoms. The molecule has 6 heteroatoms. The van der Waals surface area contributed by atoms with Crippen LogP contribution in [0.3, 0.4) is 0 Å². The summed E-state index contributed by atoms with van der Waals surface area (Å²) in [5, 5.41) is 15.1. The van der Waals surface area contributed by atoms with Gasteiger partial charge in [0.2, 0.25) is 0 Å². The number of hydrogen-bond donors (Lipinski definition) is 2. The Kier molecular flexibility index (Phi) is 5.94. The van der Waals surface area contributed by atoms with Gasteiger partial charge in [-0.1, -0.05) is 36.4 Å². The number of likely N-dealkylation sites (tertiary alicyclic amines) is 1. The highest BCUT2D eigenvalue weighted by Gasteiger charge is 2.34. The van der Waals surface area contributed by atoms with Crippen LogP contribution in [0.4, 0.5) is 0 Å². The Morgan fingerprint density at radius 2 is 1.76 bits per heavy atom. The number of amides is 1. The number of aliphatic hydroxyl groups is 1. The van der Waals surface area contributed by atoms with Gasteiger partial charge in [0.25, 0.3) is 5.91 Å². The lowest BCUT2D eigenvalue weighted by Gasteiger charge is -2.38. The van der Waals surface area contributed by atoms with E-state index in [1.54, 1.807) is 18.5 Å². The second-order valence-corrected chi connectivity index (χ2v) is 8.69. The van der Waals surface area contributed by atoms with Crippen LogP contribution in [0.15, 0.2) is 83.5 Å². The number of pyridine rings is 1. The smallest absolute Gasteiger partial charge is 0.287 e. The fraction of sp³-hybridized carbons (Fsp3) is 0.259. The van der Waals surface area contributed by atoms with E-state index in [-0.39, 0.29) is 11.7 Å². The van der Waals surface area contributed by atoms with Crippen LogP contribution in [0.1, 0.15) is 40.1 Å². The number of rotatable bonds is 6. The molecule has 0 unspecified atom stereocenters. The summed E-state index contributed by atoms with van der Waals surface area (Å²) in [6.07, 6.45) is 4.73. The molecule has 1 aliphatic rings. The van der Waals surface area contributed by atoms with E-state index in [0.717, 1.165) is 36.1 Å². The van der Waals surface area contributed by atoms with Crippen molar-refractivity contribution in [1.29, 1.82) is 0 Å². The number of fused-ring (bicyclic) bond motifs is 1. The van der Waals surface area contributed by atoms with Crippen molar-refractivity contribution in [2.75, 3.05) is 13.1 Å². The molecule has 0 saturated carbocycles. The first kappa shape index (κ1) is 21.4. The number of benzene rings is 2. The molecule has 2 aromatic heterocycles. The highest BCUT2D eigenvalue weighted by Crippen LogP contribution is 2.35. The number of furan rings is 1. The summed E-state index contributed by atoms with van der Waals surface area (Å²) < 4.78 is 5.76. The third kappa shape index (κ3) is 4.82. The van der Waals surface area contributed by atoms with Gasteiger partial charge in [0.15, 0.2) is 5.76 Å². The lowest BCUT2D eigenvalue weighted by molar-refractivity contribution is -0.0276. The van der Waals surface area contributed by atoms with E-state index in [2.05, 4.69) is 39.5 Å². The SMILES string of the molecule is O=C(NCc1ccncc1)c1cc2cc(C3(O)CCN(Cc4ccccc4)CC3)ccc2o1. The molecule has 168 valence electrons. The topological polar surface area (TPSA) is 78.6 Å². The van der Waals surface area contributed by atoms with Gasteiger partial charge >= 0.3 is 0 Å². The van der Waals surface area contributed by atoms with Crippen LogP contribution in [0, 0.1) is 0 Å². The second kappa shape index (κ2) is 9.17. The monoisotopic (exact) mass is 441 g/mol. The Hall–Kier alpha value is -3.48. The maximum Gasteiger partial charge on any atom is 0.287 e. The molecule has 1 saturated heterocycles. The van der Waals surface area contributed by atoms with Crippen molar-refractivity contribution in [1.82, 2.24) is 15.2 Å². The molecule has 5 rings (SSSR count). The average Bonchev–Trinajstić information content (AvgIpc) is 3.29. The van der Waals surface area contributed by atoms with E-state index < -0.39 is 5.60 Å². The predicted octanol–water partition coefficient (Wildman–Crippen LogP) is 4.24. The number of carbonyl (C=O) groups is 1. The molecule has 0 bridgehead atoms. The molecule has 0 radical (unpaired) electrons. The lowest BCUT2D eigenvalue weighted by Crippen LogP contribution is -2.42. The van der Waals surface area contributed by atoms with Gasteiger partial charge in [0.05, 0.1) is 5.60 Å². The fourth-order valence-corrected chi connectivity index (χ4v) is 4.43. The summed E-state index contributed by atoms with van der Waals surface area (Å²) >= 11 is 0. The summed E-state index contributed by atoms with van der Waals surface area (Å²) in [5.41, 5.74) is 2.90. The molecule has 0 atom stereocenters. The van der Waals surface area contributed by atoms with Crippen LogP contribution in [-0.4, -0.2) is 34.0 Å². The van der Waals surface area contributed by atoms with Crippen LogP contribution < -0.4 is 5.32 Å². The van der Waals surface area contributed by atoms with E-state index in [9.17, 15) is 9.90 Å². The van der Waals surface area contributed by atoms with Gasteiger partial charge in [0, 0.05) is 44.0 Å². The fourth-order valence-electron chi connectivity index (χ4n) is 4.43. The minimum absolute atomic E-state index is 0.265. The van der Waals surface area contributed by atoms with Gasteiger partial charge in [-0.05, 0) is 59.9 Å². The molecule has 6 nitrogen and oxygen atoms in total. The van der Waals surface area contributed by atoms with E-state index in [0.29, 0.717) is 25.0 Å². The number of nitrogens with one attached hydrogen (secondary N) is 1. The van der Waals surface area contributed by atoms with Crippen LogP contribution in [0.2, 0.25) is 0 Å². The third-order valence-electron chi connectivity index (χ3n) is 6.41. The lowest BCUT2D eigenvalue weighted by atomic mass is 9.84. The maximum atomic E-state index is 12.5. The van der Waals surface area contributed by atoms with E-state index >= 15 is 0 Å². The van der Waals surface area contributed by atoms with Gasteiger partial charge in [-0.15, -0.1) is 0 Å². The van der Waals surface area contributed by atoms with Crippen LogP contribution in [0.5, 0.6) is 0 Å². The Morgan fingerprint density at radius 1 is 1.00 bits per heavy atom. The zero-order chi connectivity index (χ0) is 22.7. The van der Waals surface area contributed by atoms with Gasteiger partial charge in [-0.3, -0.25) is 14.7 Å². The molecule has 3 heterocycles. The molecule has 1 aliphatic heterocycles.